The zero-order chi connectivity index (χ0) is 30.3. The van der Waals surface area contributed by atoms with Gasteiger partial charge in [-0.15, -0.1) is 0 Å². The van der Waals surface area contributed by atoms with Gasteiger partial charge in [-0.3, -0.25) is 0 Å². The van der Waals surface area contributed by atoms with Gasteiger partial charge in [-0.25, -0.2) is 4.39 Å². The van der Waals surface area contributed by atoms with Gasteiger partial charge in [-0.05, 0) is 93.7 Å². The SMILES string of the molecule is CCN(CC1=CCC(OCCN(C)C[C@@H]2CCCO2)C(F)C1)C1=C([C@@H]2CCc3cc(O)ccc3C2)CC(OC)C(OC)C1. The Balaban J connectivity index is 1.24. The molecule has 7 nitrogen and oxygen atoms in total. The average molecular weight is 601 g/mol. The van der Waals surface area contributed by atoms with E-state index in [1.54, 1.807) is 20.3 Å². The molecule has 0 aromatic heterocycles. The molecule has 0 saturated carbocycles. The second kappa shape index (κ2) is 15.3. The number of alkyl halides is 1. The number of phenolic OH excluding ortho intramolecular Hbond substituents is 1. The van der Waals surface area contributed by atoms with E-state index in [1.165, 1.54) is 22.4 Å². The summed E-state index contributed by atoms with van der Waals surface area (Å²) in [6, 6.07) is 5.80. The topological polar surface area (TPSA) is 63.6 Å². The number of hydrogen-bond donors (Lipinski definition) is 1. The number of phenols is 1. The second-order valence-electron chi connectivity index (χ2n) is 13.0. The Labute approximate surface area is 258 Å². The molecule has 1 saturated heterocycles. The van der Waals surface area contributed by atoms with Crippen LogP contribution in [0, 0.1) is 5.92 Å². The van der Waals surface area contributed by atoms with Crippen molar-refractivity contribution in [3.63, 3.8) is 0 Å². The number of likely N-dealkylation sites (N-methyl/N-ethyl adjacent to an activating group) is 2. The molecule has 5 rings (SSSR count). The van der Waals surface area contributed by atoms with E-state index in [4.69, 9.17) is 18.9 Å². The molecule has 43 heavy (non-hydrogen) atoms. The van der Waals surface area contributed by atoms with E-state index in [0.717, 1.165) is 83.3 Å². The van der Waals surface area contributed by atoms with Crippen LogP contribution in [-0.4, -0.2) is 106 Å². The van der Waals surface area contributed by atoms with Crippen LogP contribution in [0.25, 0.3) is 0 Å². The molecule has 3 aliphatic carbocycles. The van der Waals surface area contributed by atoms with Crippen LogP contribution < -0.4 is 0 Å². The molecule has 4 aliphatic rings. The number of fused-ring (bicyclic) bond motifs is 1. The van der Waals surface area contributed by atoms with E-state index in [0.29, 0.717) is 37.2 Å². The van der Waals surface area contributed by atoms with Crippen molar-refractivity contribution < 1.29 is 28.4 Å². The Hall–Kier alpha value is -1.97. The highest BCUT2D eigenvalue weighted by molar-refractivity contribution is 5.39. The summed E-state index contributed by atoms with van der Waals surface area (Å²) in [5.41, 5.74) is 6.54. The lowest BCUT2D eigenvalue weighted by atomic mass is 9.74. The quantitative estimate of drug-likeness (QED) is 0.302. The maximum absolute atomic E-state index is 15.4. The molecule has 0 amide bonds. The van der Waals surface area contributed by atoms with Crippen molar-refractivity contribution in [2.45, 2.75) is 95.3 Å². The average Bonchev–Trinajstić information content (AvgIpc) is 3.53. The summed E-state index contributed by atoms with van der Waals surface area (Å²) in [4.78, 5) is 4.69. The first-order valence-corrected chi connectivity index (χ1v) is 16.4. The van der Waals surface area contributed by atoms with Crippen molar-refractivity contribution in [1.29, 1.82) is 0 Å². The predicted molar refractivity (Wildman–Crippen MR) is 167 cm³/mol. The lowest BCUT2D eigenvalue weighted by molar-refractivity contribution is -0.0454. The highest BCUT2D eigenvalue weighted by Crippen LogP contribution is 2.41. The van der Waals surface area contributed by atoms with Crippen LogP contribution in [0.2, 0.25) is 0 Å². The van der Waals surface area contributed by atoms with E-state index in [9.17, 15) is 5.11 Å². The Morgan fingerprint density at radius 1 is 1.02 bits per heavy atom. The summed E-state index contributed by atoms with van der Waals surface area (Å²) in [5, 5.41) is 9.98. The Morgan fingerprint density at radius 2 is 1.84 bits per heavy atom. The molecular weight excluding hydrogens is 547 g/mol. The van der Waals surface area contributed by atoms with Crippen LogP contribution in [0.1, 0.15) is 63.0 Å². The summed E-state index contributed by atoms with van der Waals surface area (Å²) >= 11 is 0. The zero-order valence-electron chi connectivity index (χ0n) is 26.7. The molecule has 8 heteroatoms. The van der Waals surface area contributed by atoms with Gasteiger partial charge in [-0.1, -0.05) is 17.7 Å². The molecule has 1 N–H and O–H groups in total. The van der Waals surface area contributed by atoms with Gasteiger partial charge in [0.05, 0.1) is 31.0 Å². The number of nitrogens with zero attached hydrogens (tertiary/aromatic N) is 2. The summed E-state index contributed by atoms with van der Waals surface area (Å²) in [7, 11) is 5.64. The van der Waals surface area contributed by atoms with Crippen LogP contribution in [0.4, 0.5) is 4.39 Å². The van der Waals surface area contributed by atoms with Crippen molar-refractivity contribution in [2.24, 2.45) is 5.92 Å². The number of methoxy groups -OCH3 is 2. The van der Waals surface area contributed by atoms with E-state index in [1.807, 2.05) is 6.07 Å². The van der Waals surface area contributed by atoms with Gasteiger partial charge in [-0.2, -0.15) is 0 Å². The fourth-order valence-electron chi connectivity index (χ4n) is 7.59. The van der Waals surface area contributed by atoms with Crippen molar-refractivity contribution in [1.82, 2.24) is 9.80 Å². The third-order valence-corrected chi connectivity index (χ3v) is 10.1. The number of aryl methyl sites for hydroxylation is 1. The fourth-order valence-corrected chi connectivity index (χ4v) is 7.59. The van der Waals surface area contributed by atoms with Gasteiger partial charge < -0.3 is 33.9 Å². The molecule has 1 aromatic carbocycles. The normalized spacial score (nSPS) is 29.6. The lowest BCUT2D eigenvalue weighted by Crippen LogP contribution is -2.41. The van der Waals surface area contributed by atoms with Crippen molar-refractivity contribution in [3.05, 3.63) is 52.2 Å². The van der Waals surface area contributed by atoms with E-state index in [-0.39, 0.29) is 18.3 Å². The molecule has 1 heterocycles. The fraction of sp³-hybridized carbons (Fsp3) is 0.714. The molecule has 6 atom stereocenters. The Kier molecular flexibility index (Phi) is 11.6. The maximum Gasteiger partial charge on any atom is 0.130 e. The van der Waals surface area contributed by atoms with E-state index < -0.39 is 6.17 Å². The van der Waals surface area contributed by atoms with Crippen LogP contribution in [0.3, 0.4) is 0 Å². The number of hydrogen-bond acceptors (Lipinski definition) is 7. The van der Waals surface area contributed by atoms with Crippen LogP contribution in [0.5, 0.6) is 5.75 Å². The first-order chi connectivity index (χ1) is 20.9. The highest BCUT2D eigenvalue weighted by Gasteiger charge is 2.37. The predicted octanol–water partition coefficient (Wildman–Crippen LogP) is 5.45. The number of aromatic hydroxyl groups is 1. The summed E-state index contributed by atoms with van der Waals surface area (Å²) in [6.45, 7) is 6.89. The van der Waals surface area contributed by atoms with Gasteiger partial charge in [0.2, 0.25) is 0 Å². The Morgan fingerprint density at radius 3 is 2.56 bits per heavy atom. The van der Waals surface area contributed by atoms with Gasteiger partial charge in [0.15, 0.2) is 0 Å². The molecule has 1 fully saturated rings. The van der Waals surface area contributed by atoms with Gasteiger partial charge in [0, 0.05) is 65.5 Å². The first kappa shape index (κ1) is 32.4. The number of rotatable bonds is 13. The van der Waals surface area contributed by atoms with E-state index in [2.05, 4.69) is 35.9 Å². The molecule has 4 unspecified atom stereocenters. The van der Waals surface area contributed by atoms with Crippen molar-refractivity contribution in [3.8, 4) is 5.75 Å². The van der Waals surface area contributed by atoms with Gasteiger partial charge in [0.25, 0.3) is 0 Å². The summed E-state index contributed by atoms with van der Waals surface area (Å²) in [5.74, 6) is 0.762. The number of ether oxygens (including phenoxy) is 4. The monoisotopic (exact) mass is 600 g/mol. The molecule has 1 aromatic rings. The molecule has 0 bridgehead atoms. The minimum atomic E-state index is -0.988. The zero-order valence-corrected chi connectivity index (χ0v) is 26.7. The first-order valence-electron chi connectivity index (χ1n) is 16.4. The maximum atomic E-state index is 15.4. The van der Waals surface area contributed by atoms with Crippen molar-refractivity contribution >= 4 is 0 Å². The molecule has 0 spiro atoms. The van der Waals surface area contributed by atoms with Crippen LogP contribution in [-0.2, 0) is 31.8 Å². The molecular formula is C35H53FN2O5. The Bertz CT molecular complexity index is 1120. The third-order valence-electron chi connectivity index (χ3n) is 10.1. The van der Waals surface area contributed by atoms with Gasteiger partial charge in [0.1, 0.15) is 11.9 Å². The molecule has 1 aliphatic heterocycles. The van der Waals surface area contributed by atoms with E-state index >= 15 is 4.39 Å². The summed E-state index contributed by atoms with van der Waals surface area (Å²) in [6.07, 6.45) is 9.14. The van der Waals surface area contributed by atoms with Crippen LogP contribution in [0.15, 0.2) is 41.1 Å². The summed E-state index contributed by atoms with van der Waals surface area (Å²) < 4.78 is 39.0. The lowest BCUT2D eigenvalue weighted by Gasteiger charge is -2.42. The minimum Gasteiger partial charge on any atom is -0.508 e. The third kappa shape index (κ3) is 8.20. The number of halogens is 1. The van der Waals surface area contributed by atoms with Crippen molar-refractivity contribution in [2.75, 3.05) is 60.7 Å². The molecule has 0 radical (unpaired) electrons. The molecule has 240 valence electrons. The standard InChI is InChI=1S/C35H53FN2O5/c1-5-38(22-24-8-13-33(31(36)17-24)43-16-14-37(2)23-29-7-6-15-42-29)32-21-35(41-4)34(40-3)20-30(32)27-10-9-26-19-28(39)12-11-25(26)18-27/h8,11-12,19,27,29,31,33-35,39H,5-7,9-10,13-18,20-23H2,1-4H3/t27-,29+,31?,33?,34?,35?/m1/s1. The highest BCUT2D eigenvalue weighted by atomic mass is 19.1. The largest absolute Gasteiger partial charge is 0.508 e. The number of benzene rings is 1. The smallest absolute Gasteiger partial charge is 0.130 e. The second-order valence-corrected chi connectivity index (χ2v) is 13.0. The van der Waals surface area contributed by atoms with Gasteiger partial charge >= 0.3 is 0 Å². The van der Waals surface area contributed by atoms with Crippen LogP contribution >= 0.6 is 0 Å². The minimum absolute atomic E-state index is 0.00368.